The van der Waals surface area contributed by atoms with Gasteiger partial charge in [0.1, 0.15) is 0 Å². The van der Waals surface area contributed by atoms with E-state index < -0.39 is 5.97 Å². The first-order chi connectivity index (χ1) is 12.0. The van der Waals surface area contributed by atoms with Crippen molar-refractivity contribution in [3.05, 3.63) is 35.7 Å². The number of carbonyl (C=O) groups excluding carboxylic acids is 1. The predicted octanol–water partition coefficient (Wildman–Crippen LogP) is 2.42. The molecule has 3 rings (SSSR count). The first-order valence-electron chi connectivity index (χ1n) is 8.63. The van der Waals surface area contributed by atoms with Crippen LogP contribution in [0.4, 0.5) is 0 Å². The molecule has 1 fully saturated rings. The molecule has 0 aliphatic heterocycles. The molecule has 1 aliphatic rings. The Morgan fingerprint density at radius 3 is 2.60 bits per heavy atom. The van der Waals surface area contributed by atoms with Crippen LogP contribution in [-0.4, -0.2) is 52.3 Å². The van der Waals surface area contributed by atoms with Gasteiger partial charge in [-0.25, -0.2) is 4.79 Å². The monoisotopic (exact) mass is 343 g/mol. The van der Waals surface area contributed by atoms with Gasteiger partial charge in [-0.3, -0.25) is 4.90 Å². The van der Waals surface area contributed by atoms with Crippen molar-refractivity contribution < 1.29 is 9.53 Å². The zero-order valence-electron chi connectivity index (χ0n) is 15.3. The van der Waals surface area contributed by atoms with Crippen molar-refractivity contribution in [2.24, 2.45) is 5.92 Å². The average molecular weight is 343 g/mol. The van der Waals surface area contributed by atoms with E-state index in [1.807, 2.05) is 18.2 Å². The molecule has 0 saturated heterocycles. The summed E-state index contributed by atoms with van der Waals surface area (Å²) in [5, 5.41) is 12.5. The lowest BCUT2D eigenvalue weighted by Crippen LogP contribution is -2.46. The van der Waals surface area contributed by atoms with Crippen LogP contribution in [0.1, 0.15) is 48.8 Å². The third-order valence-corrected chi connectivity index (χ3v) is 5.38. The minimum Gasteiger partial charge on any atom is -0.465 e. The molecule has 1 aromatic carbocycles. The summed E-state index contributed by atoms with van der Waals surface area (Å²) in [7, 11) is 5.52. The SMILES string of the molecule is COC(=O)c1ccccc1-n1nnnc1C1(N(C)C)CCC(C)CC1. The van der Waals surface area contributed by atoms with Gasteiger partial charge in [0.2, 0.25) is 0 Å². The summed E-state index contributed by atoms with van der Waals surface area (Å²) in [4.78, 5) is 14.4. The van der Waals surface area contributed by atoms with Crippen molar-refractivity contribution in [1.29, 1.82) is 0 Å². The average Bonchev–Trinajstić information content (AvgIpc) is 3.11. The molecule has 7 heteroatoms. The zero-order valence-corrected chi connectivity index (χ0v) is 15.3. The van der Waals surface area contributed by atoms with Gasteiger partial charge in [0.25, 0.3) is 0 Å². The van der Waals surface area contributed by atoms with Crippen molar-refractivity contribution in [2.45, 2.75) is 38.1 Å². The highest BCUT2D eigenvalue weighted by atomic mass is 16.5. The summed E-state index contributed by atoms with van der Waals surface area (Å²) >= 11 is 0. The van der Waals surface area contributed by atoms with Crippen LogP contribution in [0.3, 0.4) is 0 Å². The highest BCUT2D eigenvalue weighted by molar-refractivity contribution is 5.93. The molecule has 0 amide bonds. The van der Waals surface area contributed by atoms with Crippen LogP contribution in [0.25, 0.3) is 5.69 Å². The fourth-order valence-electron chi connectivity index (χ4n) is 3.69. The molecule has 0 bridgehead atoms. The third kappa shape index (κ3) is 3.04. The van der Waals surface area contributed by atoms with Crippen LogP contribution in [0.15, 0.2) is 24.3 Å². The largest absolute Gasteiger partial charge is 0.465 e. The Morgan fingerprint density at radius 2 is 1.96 bits per heavy atom. The summed E-state index contributed by atoms with van der Waals surface area (Å²) in [6, 6.07) is 7.27. The van der Waals surface area contributed by atoms with Gasteiger partial charge in [-0.1, -0.05) is 19.1 Å². The molecule has 1 saturated carbocycles. The summed E-state index contributed by atoms with van der Waals surface area (Å²) in [5.41, 5.74) is 0.866. The normalized spacial score (nSPS) is 23.6. The van der Waals surface area contributed by atoms with Crippen LogP contribution in [0.2, 0.25) is 0 Å². The fourth-order valence-corrected chi connectivity index (χ4v) is 3.69. The van der Waals surface area contributed by atoms with Crippen LogP contribution >= 0.6 is 0 Å². The number of ether oxygens (including phenoxy) is 1. The van der Waals surface area contributed by atoms with Gasteiger partial charge < -0.3 is 4.74 Å². The first kappa shape index (κ1) is 17.5. The highest BCUT2D eigenvalue weighted by Crippen LogP contribution is 2.42. The van der Waals surface area contributed by atoms with E-state index in [0.717, 1.165) is 31.5 Å². The summed E-state index contributed by atoms with van der Waals surface area (Å²) in [5.74, 6) is 1.09. The van der Waals surface area contributed by atoms with E-state index >= 15 is 0 Å². The summed E-state index contributed by atoms with van der Waals surface area (Å²) < 4.78 is 6.61. The van der Waals surface area contributed by atoms with E-state index in [1.54, 1.807) is 10.7 Å². The lowest BCUT2D eigenvalue weighted by atomic mass is 9.75. The maximum Gasteiger partial charge on any atom is 0.340 e. The Labute approximate surface area is 148 Å². The molecule has 1 aliphatic carbocycles. The quantitative estimate of drug-likeness (QED) is 0.794. The number of esters is 1. The second kappa shape index (κ2) is 6.92. The molecule has 134 valence electrons. The van der Waals surface area contributed by atoms with Crippen molar-refractivity contribution in [3.63, 3.8) is 0 Å². The maximum atomic E-state index is 12.2. The minimum absolute atomic E-state index is 0.237. The molecule has 0 spiro atoms. The second-order valence-corrected chi connectivity index (χ2v) is 7.03. The Morgan fingerprint density at radius 1 is 1.28 bits per heavy atom. The van der Waals surface area contributed by atoms with E-state index in [0.29, 0.717) is 17.2 Å². The van der Waals surface area contributed by atoms with E-state index in [9.17, 15) is 4.79 Å². The van der Waals surface area contributed by atoms with E-state index in [-0.39, 0.29) is 5.54 Å². The number of methoxy groups -OCH3 is 1. The minimum atomic E-state index is -0.395. The Balaban J connectivity index is 2.11. The first-order valence-corrected chi connectivity index (χ1v) is 8.63. The standard InChI is InChI=1S/C18H25N5O2/c1-13-9-11-18(12-10-13,22(2)3)17-19-20-21-23(17)15-8-6-5-7-14(15)16(24)25-4/h5-8,13H,9-12H2,1-4H3. The zero-order chi connectivity index (χ0) is 18.0. The number of aromatic nitrogens is 4. The molecule has 0 atom stereocenters. The molecular formula is C18H25N5O2. The Bertz CT molecular complexity index is 747. The maximum absolute atomic E-state index is 12.2. The molecule has 1 heterocycles. The number of tetrazole rings is 1. The number of hydrogen-bond donors (Lipinski definition) is 0. The van der Waals surface area contributed by atoms with Crippen LogP contribution in [0, 0.1) is 5.92 Å². The van der Waals surface area contributed by atoms with Crippen molar-refractivity contribution in [3.8, 4) is 5.69 Å². The lowest BCUT2D eigenvalue weighted by molar-refractivity contribution is 0.0598. The molecular weight excluding hydrogens is 318 g/mol. The number of carbonyl (C=O) groups is 1. The van der Waals surface area contributed by atoms with Gasteiger partial charge in [0, 0.05) is 0 Å². The number of nitrogens with zero attached hydrogens (tertiary/aromatic N) is 5. The van der Waals surface area contributed by atoms with Gasteiger partial charge in [0.05, 0.1) is 23.9 Å². The lowest BCUT2D eigenvalue weighted by Gasteiger charge is -2.43. The molecule has 0 radical (unpaired) electrons. The molecule has 1 aromatic heterocycles. The summed E-state index contributed by atoms with van der Waals surface area (Å²) in [6.07, 6.45) is 4.23. The van der Waals surface area contributed by atoms with E-state index in [4.69, 9.17) is 4.74 Å². The number of hydrogen-bond acceptors (Lipinski definition) is 6. The van der Waals surface area contributed by atoms with Gasteiger partial charge in [-0.15, -0.1) is 5.10 Å². The molecule has 2 aromatic rings. The molecule has 0 N–H and O–H groups in total. The van der Waals surface area contributed by atoms with Crippen LogP contribution < -0.4 is 0 Å². The van der Waals surface area contributed by atoms with Crippen molar-refractivity contribution in [2.75, 3.05) is 21.2 Å². The van der Waals surface area contributed by atoms with Gasteiger partial charge >= 0.3 is 5.97 Å². The van der Waals surface area contributed by atoms with Crippen molar-refractivity contribution in [1.82, 2.24) is 25.1 Å². The third-order valence-electron chi connectivity index (χ3n) is 5.38. The molecule has 7 nitrogen and oxygen atoms in total. The number of para-hydroxylation sites is 1. The molecule has 0 unspecified atom stereocenters. The number of benzene rings is 1. The smallest absolute Gasteiger partial charge is 0.340 e. The van der Waals surface area contributed by atoms with E-state index in [1.165, 1.54) is 7.11 Å². The Kier molecular flexibility index (Phi) is 4.85. The Hall–Kier alpha value is -2.28. The topological polar surface area (TPSA) is 73.1 Å². The second-order valence-electron chi connectivity index (χ2n) is 7.03. The van der Waals surface area contributed by atoms with Crippen molar-refractivity contribution >= 4 is 5.97 Å². The number of rotatable bonds is 4. The summed E-state index contributed by atoms with van der Waals surface area (Å²) in [6.45, 7) is 2.29. The molecule has 25 heavy (non-hydrogen) atoms. The predicted molar refractivity (Wildman–Crippen MR) is 93.5 cm³/mol. The van der Waals surface area contributed by atoms with Gasteiger partial charge in [-0.2, -0.15) is 4.68 Å². The van der Waals surface area contributed by atoms with Crippen LogP contribution in [0.5, 0.6) is 0 Å². The highest BCUT2D eigenvalue weighted by Gasteiger charge is 2.42. The van der Waals surface area contributed by atoms with Gasteiger partial charge in [0.15, 0.2) is 5.82 Å². The van der Waals surface area contributed by atoms with E-state index in [2.05, 4.69) is 41.4 Å². The van der Waals surface area contributed by atoms with Crippen LogP contribution in [-0.2, 0) is 10.3 Å². The fraction of sp³-hybridized carbons (Fsp3) is 0.556. The van der Waals surface area contributed by atoms with Gasteiger partial charge in [-0.05, 0) is 68.3 Å².